The molecule has 0 aliphatic rings. The number of carbonyl (C=O) groups excluding carboxylic acids is 1. The average Bonchev–Trinajstić information content (AvgIpc) is 2.47. The highest BCUT2D eigenvalue weighted by Crippen LogP contribution is 2.16. The van der Waals surface area contributed by atoms with Gasteiger partial charge in [-0.1, -0.05) is 43.7 Å². The smallest absolute Gasteiger partial charge is 0.224 e. The summed E-state index contributed by atoms with van der Waals surface area (Å²) in [5.74, 6) is -0.289. The minimum absolute atomic E-state index is 0.0357. The Bertz CT molecular complexity index is 476. The summed E-state index contributed by atoms with van der Waals surface area (Å²) in [6.07, 6.45) is 2.77. The van der Waals surface area contributed by atoms with E-state index in [4.69, 9.17) is 0 Å². The van der Waals surface area contributed by atoms with Gasteiger partial charge in [0.05, 0.1) is 6.54 Å². The van der Waals surface area contributed by atoms with Gasteiger partial charge in [-0.3, -0.25) is 9.80 Å². The van der Waals surface area contributed by atoms with Crippen LogP contribution in [-0.2, 0) is 11.3 Å². The van der Waals surface area contributed by atoms with E-state index in [1.807, 2.05) is 18.9 Å². The number of hydrogen-bond donors (Lipinski definition) is 0. The third kappa shape index (κ3) is 4.97. The monoisotopic (exact) mass is 292 g/mol. The van der Waals surface area contributed by atoms with Crippen LogP contribution in [0.4, 0.5) is 4.39 Å². The van der Waals surface area contributed by atoms with Crippen LogP contribution in [0.25, 0.3) is 0 Å². The summed E-state index contributed by atoms with van der Waals surface area (Å²) in [7, 11) is 0. The summed E-state index contributed by atoms with van der Waals surface area (Å²) >= 11 is 0. The lowest BCUT2D eigenvalue weighted by molar-refractivity contribution is -0.139. The number of benzene rings is 1. The minimum Gasteiger partial charge on any atom is -0.277 e. The lowest BCUT2D eigenvalue weighted by Crippen LogP contribution is -2.47. The largest absolute Gasteiger partial charge is 0.277 e. The van der Waals surface area contributed by atoms with Crippen molar-refractivity contribution in [3.05, 3.63) is 47.8 Å². The number of carbonyl (C=O) groups is 1. The third-order valence-corrected chi connectivity index (χ3v) is 3.64. The summed E-state index contributed by atoms with van der Waals surface area (Å²) in [5.41, 5.74) is 1.49. The molecule has 0 radical (unpaired) electrons. The van der Waals surface area contributed by atoms with E-state index in [1.54, 1.807) is 23.2 Å². The summed E-state index contributed by atoms with van der Waals surface area (Å²) in [6, 6.07) is 6.58. The Morgan fingerprint density at radius 2 is 2.10 bits per heavy atom. The van der Waals surface area contributed by atoms with Crippen LogP contribution in [0.1, 0.15) is 39.2 Å². The fraction of sp³-hybridized carbons (Fsp3) is 0.471. The average molecular weight is 292 g/mol. The third-order valence-electron chi connectivity index (χ3n) is 3.64. The van der Waals surface area contributed by atoms with Crippen LogP contribution < -0.4 is 0 Å². The second kappa shape index (κ2) is 8.57. The first kappa shape index (κ1) is 17.4. The topological polar surface area (TPSA) is 23.6 Å². The highest BCUT2D eigenvalue weighted by molar-refractivity contribution is 5.46. The zero-order valence-corrected chi connectivity index (χ0v) is 13.2. The van der Waals surface area contributed by atoms with E-state index in [0.717, 1.165) is 31.4 Å². The molecule has 0 saturated carbocycles. The molecule has 1 aromatic carbocycles. The SMILES string of the molecule is C=C(C)C(C)N(CCCC)N(C=O)Cc1ccccc1F. The quantitative estimate of drug-likeness (QED) is 0.393. The first-order valence-corrected chi connectivity index (χ1v) is 7.38. The fourth-order valence-corrected chi connectivity index (χ4v) is 2.11. The molecule has 0 fully saturated rings. The van der Waals surface area contributed by atoms with Crippen LogP contribution in [0.2, 0.25) is 0 Å². The molecule has 21 heavy (non-hydrogen) atoms. The van der Waals surface area contributed by atoms with Gasteiger partial charge >= 0.3 is 0 Å². The maximum Gasteiger partial charge on any atom is 0.224 e. The summed E-state index contributed by atoms with van der Waals surface area (Å²) in [4.78, 5) is 11.5. The lowest BCUT2D eigenvalue weighted by Gasteiger charge is -2.37. The van der Waals surface area contributed by atoms with Gasteiger partial charge in [0.2, 0.25) is 6.41 Å². The van der Waals surface area contributed by atoms with E-state index in [1.165, 1.54) is 6.07 Å². The van der Waals surface area contributed by atoms with Crippen LogP contribution in [0.3, 0.4) is 0 Å². The van der Waals surface area contributed by atoms with E-state index >= 15 is 0 Å². The van der Waals surface area contributed by atoms with Crippen LogP contribution in [0.15, 0.2) is 36.4 Å². The molecule has 0 spiro atoms. The molecule has 1 unspecified atom stereocenters. The molecule has 1 amide bonds. The molecule has 4 heteroatoms. The highest BCUT2D eigenvalue weighted by Gasteiger charge is 2.21. The van der Waals surface area contributed by atoms with E-state index in [-0.39, 0.29) is 18.4 Å². The van der Waals surface area contributed by atoms with Crippen LogP contribution in [0.5, 0.6) is 0 Å². The van der Waals surface area contributed by atoms with Gasteiger partial charge in [0.1, 0.15) is 5.82 Å². The molecule has 116 valence electrons. The van der Waals surface area contributed by atoms with Crippen molar-refractivity contribution >= 4 is 6.41 Å². The molecule has 0 N–H and O–H groups in total. The van der Waals surface area contributed by atoms with Crippen molar-refractivity contribution in [1.82, 2.24) is 10.0 Å². The van der Waals surface area contributed by atoms with Crippen molar-refractivity contribution in [3.8, 4) is 0 Å². The molecular weight excluding hydrogens is 267 g/mol. The minimum atomic E-state index is -0.289. The Hall–Kier alpha value is -1.68. The van der Waals surface area contributed by atoms with Gasteiger partial charge < -0.3 is 0 Å². The predicted molar refractivity (Wildman–Crippen MR) is 83.9 cm³/mol. The summed E-state index contributed by atoms with van der Waals surface area (Å²) in [6.45, 7) is 11.0. The van der Waals surface area contributed by atoms with Gasteiger partial charge in [-0.15, -0.1) is 0 Å². The number of amides is 1. The van der Waals surface area contributed by atoms with Crippen molar-refractivity contribution in [2.45, 2.75) is 46.2 Å². The van der Waals surface area contributed by atoms with Crippen molar-refractivity contribution < 1.29 is 9.18 Å². The van der Waals surface area contributed by atoms with E-state index in [2.05, 4.69) is 13.5 Å². The van der Waals surface area contributed by atoms with Crippen molar-refractivity contribution in [3.63, 3.8) is 0 Å². The second-order valence-corrected chi connectivity index (χ2v) is 5.33. The Morgan fingerprint density at radius 1 is 1.43 bits per heavy atom. The Balaban J connectivity index is 2.93. The molecule has 0 heterocycles. The zero-order valence-electron chi connectivity index (χ0n) is 13.2. The fourth-order valence-electron chi connectivity index (χ4n) is 2.11. The van der Waals surface area contributed by atoms with Crippen molar-refractivity contribution in [1.29, 1.82) is 0 Å². The van der Waals surface area contributed by atoms with Gasteiger partial charge in [0.15, 0.2) is 0 Å². The molecular formula is C17H25FN2O. The number of hydrazine groups is 1. The molecule has 0 aliphatic heterocycles. The van der Waals surface area contributed by atoms with Gasteiger partial charge in [-0.05, 0) is 26.3 Å². The molecule has 0 bridgehead atoms. The van der Waals surface area contributed by atoms with Crippen molar-refractivity contribution in [2.75, 3.05) is 6.54 Å². The Morgan fingerprint density at radius 3 is 2.62 bits per heavy atom. The Kier molecular flexibility index (Phi) is 7.09. The maximum atomic E-state index is 13.8. The van der Waals surface area contributed by atoms with E-state index in [0.29, 0.717) is 5.56 Å². The van der Waals surface area contributed by atoms with Crippen LogP contribution >= 0.6 is 0 Å². The lowest BCUT2D eigenvalue weighted by atomic mass is 10.1. The van der Waals surface area contributed by atoms with Gasteiger partial charge in [0.25, 0.3) is 0 Å². The first-order valence-electron chi connectivity index (χ1n) is 7.38. The van der Waals surface area contributed by atoms with Gasteiger partial charge in [-0.2, -0.15) is 0 Å². The molecule has 0 saturated heterocycles. The standard InChI is InChI=1S/C17H25FN2O/c1-5-6-11-20(15(4)14(2)3)19(13-21)12-16-9-7-8-10-17(16)18/h7-10,13,15H,2,5-6,11-12H2,1,3-4H3. The number of rotatable bonds is 9. The number of nitrogens with zero attached hydrogens (tertiary/aromatic N) is 2. The molecule has 0 aromatic heterocycles. The number of unbranched alkanes of at least 4 members (excludes halogenated alkanes) is 1. The van der Waals surface area contributed by atoms with Crippen LogP contribution in [-0.4, -0.2) is 29.0 Å². The van der Waals surface area contributed by atoms with Gasteiger partial charge in [-0.25, -0.2) is 9.40 Å². The number of hydrogen-bond acceptors (Lipinski definition) is 2. The van der Waals surface area contributed by atoms with Gasteiger partial charge in [0, 0.05) is 18.2 Å². The summed E-state index contributed by atoms with van der Waals surface area (Å²) < 4.78 is 13.8. The maximum absolute atomic E-state index is 13.8. The second-order valence-electron chi connectivity index (χ2n) is 5.33. The first-order chi connectivity index (χ1) is 10.0. The van der Waals surface area contributed by atoms with E-state index in [9.17, 15) is 9.18 Å². The normalized spacial score (nSPS) is 12.2. The van der Waals surface area contributed by atoms with Crippen LogP contribution in [0, 0.1) is 5.82 Å². The number of halogens is 1. The molecule has 1 atom stereocenters. The molecule has 0 aliphatic carbocycles. The van der Waals surface area contributed by atoms with E-state index < -0.39 is 0 Å². The predicted octanol–water partition coefficient (Wildman–Crippen LogP) is 3.77. The zero-order chi connectivity index (χ0) is 15.8. The summed E-state index contributed by atoms with van der Waals surface area (Å²) in [5, 5.41) is 3.51. The van der Waals surface area contributed by atoms with Crippen molar-refractivity contribution in [2.24, 2.45) is 0 Å². The molecule has 1 rings (SSSR count). The molecule has 1 aromatic rings. The highest BCUT2D eigenvalue weighted by atomic mass is 19.1. The molecule has 3 nitrogen and oxygen atoms in total. The Labute approximate surface area is 127 Å².